The van der Waals surface area contributed by atoms with Crippen LogP contribution in [0.4, 0.5) is 11.4 Å². The Morgan fingerprint density at radius 2 is 1.50 bits per heavy atom. The molecule has 164 valence electrons. The minimum Gasteiger partial charge on any atom is -0.466 e. The van der Waals surface area contributed by atoms with Gasteiger partial charge in [0.15, 0.2) is 0 Å². The maximum atomic E-state index is 12.4. The first kappa shape index (κ1) is 22.6. The third-order valence-corrected chi connectivity index (χ3v) is 5.18. The predicted octanol–water partition coefficient (Wildman–Crippen LogP) is 3.41. The highest BCUT2D eigenvalue weighted by Gasteiger charge is 2.15. The first-order chi connectivity index (χ1) is 15.4. The van der Waals surface area contributed by atoms with Crippen LogP contribution < -0.4 is 10.6 Å². The molecular formula is C22H20N4O5S. The summed E-state index contributed by atoms with van der Waals surface area (Å²) < 4.78 is 9.21. The fraction of sp³-hybridized carbons (Fsp3) is 0.136. The van der Waals surface area contributed by atoms with E-state index in [2.05, 4.69) is 30.3 Å². The van der Waals surface area contributed by atoms with Crippen LogP contribution in [-0.4, -0.2) is 42.3 Å². The third-order valence-electron chi connectivity index (χ3n) is 4.21. The summed E-state index contributed by atoms with van der Waals surface area (Å²) in [5, 5.41) is 14.5. The molecule has 0 aliphatic heterocycles. The van der Waals surface area contributed by atoms with Gasteiger partial charge >= 0.3 is 11.9 Å². The summed E-state index contributed by atoms with van der Waals surface area (Å²) in [7, 11) is 2.42. The number of anilines is 2. The lowest BCUT2D eigenvalue weighted by atomic mass is 10.2. The Morgan fingerprint density at radius 1 is 0.875 bits per heavy atom. The van der Waals surface area contributed by atoms with E-state index in [0.717, 1.165) is 28.5 Å². The molecule has 1 heterocycles. The van der Waals surface area contributed by atoms with E-state index in [-0.39, 0.29) is 16.6 Å². The molecule has 0 aliphatic rings. The van der Waals surface area contributed by atoms with E-state index < -0.39 is 11.9 Å². The topological polar surface area (TPSA) is 120 Å². The SMILES string of the molecule is COC(=O)/C=C(/Nc1ccc(-c2nnc(C(=O)Nc3ccc(C)cc3)s2)cc1)C(=O)OC. The zero-order chi connectivity index (χ0) is 23.1. The second kappa shape index (κ2) is 10.3. The molecule has 3 aromatic rings. The number of carbonyl (C=O) groups excluding carboxylic acids is 3. The zero-order valence-electron chi connectivity index (χ0n) is 17.5. The first-order valence-electron chi connectivity index (χ1n) is 9.36. The molecular weight excluding hydrogens is 432 g/mol. The quantitative estimate of drug-likeness (QED) is 0.413. The summed E-state index contributed by atoms with van der Waals surface area (Å²) in [6.07, 6.45) is 1.00. The van der Waals surface area contributed by atoms with Gasteiger partial charge in [0.1, 0.15) is 10.7 Å². The maximum absolute atomic E-state index is 12.4. The van der Waals surface area contributed by atoms with Gasteiger partial charge in [-0.3, -0.25) is 4.79 Å². The number of rotatable bonds is 7. The second-order valence-electron chi connectivity index (χ2n) is 6.51. The number of aryl methyl sites for hydroxylation is 1. The van der Waals surface area contributed by atoms with Crippen LogP contribution in [0.25, 0.3) is 10.6 Å². The monoisotopic (exact) mass is 452 g/mol. The molecule has 2 aromatic carbocycles. The highest BCUT2D eigenvalue weighted by Crippen LogP contribution is 2.26. The number of amides is 1. The van der Waals surface area contributed by atoms with Crippen molar-refractivity contribution in [1.29, 1.82) is 0 Å². The van der Waals surface area contributed by atoms with E-state index in [1.54, 1.807) is 24.3 Å². The van der Waals surface area contributed by atoms with E-state index in [1.807, 2.05) is 31.2 Å². The number of hydrogen-bond donors (Lipinski definition) is 2. The number of nitrogens with zero attached hydrogens (tertiary/aromatic N) is 2. The number of hydrogen-bond acceptors (Lipinski definition) is 9. The van der Waals surface area contributed by atoms with Crippen molar-refractivity contribution in [2.45, 2.75) is 6.92 Å². The Hall–Kier alpha value is -4.05. The number of benzene rings is 2. The van der Waals surface area contributed by atoms with Crippen molar-refractivity contribution in [2.75, 3.05) is 24.9 Å². The fourth-order valence-corrected chi connectivity index (χ4v) is 3.28. The lowest BCUT2D eigenvalue weighted by molar-refractivity contribution is -0.138. The van der Waals surface area contributed by atoms with Crippen LogP contribution in [0.1, 0.15) is 15.4 Å². The van der Waals surface area contributed by atoms with Crippen molar-refractivity contribution in [2.24, 2.45) is 0 Å². The van der Waals surface area contributed by atoms with Gasteiger partial charge in [0.25, 0.3) is 5.91 Å². The van der Waals surface area contributed by atoms with Crippen LogP contribution in [0.2, 0.25) is 0 Å². The predicted molar refractivity (Wildman–Crippen MR) is 120 cm³/mol. The molecule has 2 N–H and O–H groups in total. The van der Waals surface area contributed by atoms with Gasteiger partial charge in [-0.05, 0) is 43.3 Å². The minimum atomic E-state index is -0.715. The number of esters is 2. The van der Waals surface area contributed by atoms with Gasteiger partial charge in [0.05, 0.1) is 20.3 Å². The number of carbonyl (C=O) groups is 3. The van der Waals surface area contributed by atoms with Gasteiger partial charge in [0, 0.05) is 16.9 Å². The average molecular weight is 452 g/mol. The molecule has 9 nitrogen and oxygen atoms in total. The molecule has 0 atom stereocenters. The van der Waals surface area contributed by atoms with Gasteiger partial charge in [-0.1, -0.05) is 29.0 Å². The van der Waals surface area contributed by atoms with Gasteiger partial charge in [-0.2, -0.15) is 0 Å². The highest BCUT2D eigenvalue weighted by molar-refractivity contribution is 7.16. The molecule has 0 saturated carbocycles. The number of methoxy groups -OCH3 is 2. The van der Waals surface area contributed by atoms with Crippen molar-refractivity contribution in [3.63, 3.8) is 0 Å². The molecule has 1 aromatic heterocycles. The number of aromatic nitrogens is 2. The molecule has 0 aliphatic carbocycles. The van der Waals surface area contributed by atoms with E-state index in [1.165, 1.54) is 14.2 Å². The number of ether oxygens (including phenoxy) is 2. The van der Waals surface area contributed by atoms with Crippen LogP contribution in [-0.2, 0) is 19.1 Å². The lowest BCUT2D eigenvalue weighted by Crippen LogP contribution is -2.15. The first-order valence-corrected chi connectivity index (χ1v) is 10.2. The minimum absolute atomic E-state index is 0.0712. The maximum Gasteiger partial charge on any atom is 0.354 e. The van der Waals surface area contributed by atoms with Crippen LogP contribution >= 0.6 is 11.3 Å². The summed E-state index contributed by atoms with van der Waals surface area (Å²) in [6.45, 7) is 1.97. The van der Waals surface area contributed by atoms with Gasteiger partial charge in [0.2, 0.25) is 5.01 Å². The standard InChI is InChI=1S/C22H20N4O5S/c1-13-4-8-16(9-5-13)24-19(28)21-26-25-20(32-21)14-6-10-15(11-7-14)23-17(22(29)31-3)12-18(27)30-2/h4-12,23H,1-3H3,(H,24,28)/b17-12+. The van der Waals surface area contributed by atoms with Crippen LogP contribution in [0.5, 0.6) is 0 Å². The van der Waals surface area contributed by atoms with Crippen molar-refractivity contribution in [3.05, 3.63) is 70.9 Å². The summed E-state index contributed by atoms with van der Waals surface area (Å²) in [6, 6.07) is 14.3. The fourth-order valence-electron chi connectivity index (χ4n) is 2.54. The van der Waals surface area contributed by atoms with Crippen LogP contribution in [0.3, 0.4) is 0 Å². The Bertz CT molecular complexity index is 1150. The summed E-state index contributed by atoms with van der Waals surface area (Å²) in [4.78, 5) is 35.7. The van der Waals surface area contributed by atoms with E-state index >= 15 is 0 Å². The molecule has 0 saturated heterocycles. The number of nitrogens with one attached hydrogen (secondary N) is 2. The Labute approximate surface area is 188 Å². The molecule has 0 unspecified atom stereocenters. The highest BCUT2D eigenvalue weighted by atomic mass is 32.1. The smallest absolute Gasteiger partial charge is 0.354 e. The molecule has 0 fully saturated rings. The molecule has 0 bridgehead atoms. The second-order valence-corrected chi connectivity index (χ2v) is 7.49. The molecule has 0 radical (unpaired) electrons. The molecule has 32 heavy (non-hydrogen) atoms. The third kappa shape index (κ3) is 5.76. The Kier molecular flexibility index (Phi) is 7.29. The summed E-state index contributed by atoms with van der Waals surface area (Å²) in [5.74, 6) is -1.75. The van der Waals surface area contributed by atoms with E-state index in [9.17, 15) is 14.4 Å². The van der Waals surface area contributed by atoms with Crippen molar-refractivity contribution >= 4 is 40.6 Å². The molecule has 10 heteroatoms. The molecule has 1 amide bonds. The largest absolute Gasteiger partial charge is 0.466 e. The molecule has 0 spiro atoms. The van der Waals surface area contributed by atoms with Crippen molar-refractivity contribution < 1.29 is 23.9 Å². The Morgan fingerprint density at radius 3 is 2.12 bits per heavy atom. The lowest BCUT2D eigenvalue weighted by Gasteiger charge is -2.09. The normalized spacial score (nSPS) is 10.9. The van der Waals surface area contributed by atoms with E-state index in [0.29, 0.717) is 16.4 Å². The van der Waals surface area contributed by atoms with Gasteiger partial charge in [-0.15, -0.1) is 10.2 Å². The summed E-state index contributed by atoms with van der Waals surface area (Å²) in [5.41, 5.74) is 2.97. The van der Waals surface area contributed by atoms with Crippen molar-refractivity contribution in [3.8, 4) is 10.6 Å². The van der Waals surface area contributed by atoms with Crippen LogP contribution in [0.15, 0.2) is 60.3 Å². The van der Waals surface area contributed by atoms with Gasteiger partial charge < -0.3 is 20.1 Å². The average Bonchev–Trinajstić information content (AvgIpc) is 3.30. The van der Waals surface area contributed by atoms with Crippen LogP contribution in [0, 0.1) is 6.92 Å². The van der Waals surface area contributed by atoms with Gasteiger partial charge in [-0.25, -0.2) is 9.59 Å². The molecule has 3 rings (SSSR count). The van der Waals surface area contributed by atoms with Crippen molar-refractivity contribution in [1.82, 2.24) is 10.2 Å². The van der Waals surface area contributed by atoms with E-state index in [4.69, 9.17) is 0 Å². The Balaban J connectivity index is 1.71. The zero-order valence-corrected chi connectivity index (χ0v) is 18.4. The summed E-state index contributed by atoms with van der Waals surface area (Å²) >= 11 is 1.15.